The molecular formula is C50H33NO. The van der Waals surface area contributed by atoms with Crippen LogP contribution in [0.15, 0.2) is 205 Å². The van der Waals surface area contributed by atoms with E-state index in [1.54, 1.807) is 0 Å². The van der Waals surface area contributed by atoms with Crippen LogP contribution in [0.4, 0.5) is 17.1 Å². The molecule has 0 fully saturated rings. The predicted molar refractivity (Wildman–Crippen MR) is 220 cm³/mol. The van der Waals surface area contributed by atoms with Crippen LogP contribution in [0.3, 0.4) is 0 Å². The molecule has 244 valence electrons. The maximum Gasteiger partial charge on any atom is 0.143 e. The molecule has 52 heavy (non-hydrogen) atoms. The Bertz CT molecular complexity index is 2890. The van der Waals surface area contributed by atoms with Crippen LogP contribution in [0.1, 0.15) is 0 Å². The van der Waals surface area contributed by atoms with Crippen LogP contribution >= 0.6 is 0 Å². The van der Waals surface area contributed by atoms with Crippen LogP contribution in [0.5, 0.6) is 0 Å². The molecule has 2 nitrogen and oxygen atoms in total. The largest absolute Gasteiger partial charge is 0.455 e. The van der Waals surface area contributed by atoms with Crippen molar-refractivity contribution >= 4 is 60.5 Å². The summed E-state index contributed by atoms with van der Waals surface area (Å²) in [6, 6.07) is 71.5. The zero-order valence-electron chi connectivity index (χ0n) is 28.4. The smallest absolute Gasteiger partial charge is 0.143 e. The highest BCUT2D eigenvalue weighted by molar-refractivity contribution is 6.19. The molecule has 0 atom stereocenters. The first-order valence-electron chi connectivity index (χ1n) is 17.8. The number of hydrogen-bond donors (Lipinski definition) is 0. The van der Waals surface area contributed by atoms with E-state index in [-0.39, 0.29) is 0 Å². The summed E-state index contributed by atoms with van der Waals surface area (Å²) in [7, 11) is 0. The molecule has 10 aromatic rings. The van der Waals surface area contributed by atoms with Gasteiger partial charge in [-0.1, -0.05) is 152 Å². The van der Waals surface area contributed by atoms with Crippen molar-refractivity contribution < 1.29 is 4.42 Å². The summed E-state index contributed by atoms with van der Waals surface area (Å²) >= 11 is 0. The molecule has 0 bridgehead atoms. The van der Waals surface area contributed by atoms with Gasteiger partial charge in [-0.2, -0.15) is 0 Å². The number of para-hydroxylation sites is 1. The molecule has 0 aliphatic heterocycles. The number of nitrogens with zero attached hydrogens (tertiary/aromatic N) is 1. The van der Waals surface area contributed by atoms with E-state index in [1.165, 1.54) is 38.2 Å². The maximum atomic E-state index is 6.99. The summed E-state index contributed by atoms with van der Waals surface area (Å²) in [5, 5.41) is 7.03. The minimum atomic E-state index is 0.855. The van der Waals surface area contributed by atoms with Crippen LogP contribution in [0, 0.1) is 0 Å². The van der Waals surface area contributed by atoms with Crippen molar-refractivity contribution in [3.63, 3.8) is 0 Å². The van der Waals surface area contributed by atoms with Gasteiger partial charge in [-0.25, -0.2) is 0 Å². The lowest BCUT2D eigenvalue weighted by Crippen LogP contribution is -2.11. The van der Waals surface area contributed by atoms with E-state index in [9.17, 15) is 0 Å². The van der Waals surface area contributed by atoms with Crippen LogP contribution in [0.2, 0.25) is 0 Å². The Morgan fingerprint density at radius 3 is 1.77 bits per heavy atom. The Morgan fingerprint density at radius 2 is 0.962 bits per heavy atom. The van der Waals surface area contributed by atoms with Gasteiger partial charge >= 0.3 is 0 Å². The fourth-order valence-electron chi connectivity index (χ4n) is 7.72. The normalized spacial score (nSPS) is 11.5. The van der Waals surface area contributed by atoms with Crippen molar-refractivity contribution in [3.8, 4) is 33.4 Å². The van der Waals surface area contributed by atoms with Crippen LogP contribution < -0.4 is 4.90 Å². The molecule has 10 rings (SSSR count). The van der Waals surface area contributed by atoms with Gasteiger partial charge in [0.25, 0.3) is 0 Å². The Labute approximate surface area is 302 Å². The standard InChI is InChI=1S/C50H33NO/c1-3-13-34(14-4-1)36-25-27-41(28-26-36)51(47-22-12-11-20-43(47)37-16-5-2-6-17-37)42-29-30-45-46-32-39-19-9-10-21-44(39)49(50(46)52-48(45)33-42)40-24-23-35-15-7-8-18-38(35)31-40/h1-33H. The van der Waals surface area contributed by atoms with E-state index in [2.05, 4.69) is 205 Å². The summed E-state index contributed by atoms with van der Waals surface area (Å²) in [4.78, 5) is 2.35. The molecule has 0 saturated heterocycles. The molecule has 0 aliphatic rings. The Morgan fingerprint density at radius 1 is 0.346 bits per heavy atom. The van der Waals surface area contributed by atoms with E-state index in [1.807, 2.05) is 0 Å². The molecule has 2 heteroatoms. The average molecular weight is 664 g/mol. The molecule has 0 spiro atoms. The topological polar surface area (TPSA) is 16.4 Å². The Balaban J connectivity index is 1.19. The molecule has 0 radical (unpaired) electrons. The number of rotatable bonds is 6. The third kappa shape index (κ3) is 5.12. The third-order valence-corrected chi connectivity index (χ3v) is 10.2. The van der Waals surface area contributed by atoms with E-state index < -0.39 is 0 Å². The monoisotopic (exact) mass is 663 g/mol. The number of anilines is 3. The third-order valence-electron chi connectivity index (χ3n) is 10.2. The predicted octanol–water partition coefficient (Wildman–Crippen LogP) is 14.4. The number of hydrogen-bond acceptors (Lipinski definition) is 2. The fraction of sp³-hybridized carbons (Fsp3) is 0. The Hall–Kier alpha value is -6.90. The van der Waals surface area contributed by atoms with Crippen molar-refractivity contribution in [1.29, 1.82) is 0 Å². The molecule has 0 saturated carbocycles. The molecule has 1 aromatic heterocycles. The van der Waals surface area contributed by atoms with Gasteiger partial charge in [0, 0.05) is 39.3 Å². The SMILES string of the molecule is c1ccc(-c2ccc(N(c3ccc4c(c3)oc3c(-c5ccc6ccccc6c5)c5ccccc5cc34)c3ccccc3-c3ccccc3)cc2)cc1. The van der Waals surface area contributed by atoms with Crippen LogP contribution in [-0.2, 0) is 0 Å². The molecule has 0 amide bonds. The zero-order chi connectivity index (χ0) is 34.4. The quantitative estimate of drug-likeness (QED) is 0.176. The number of fused-ring (bicyclic) bond motifs is 5. The second-order valence-corrected chi connectivity index (χ2v) is 13.3. The van der Waals surface area contributed by atoms with Crippen molar-refractivity contribution in [1.82, 2.24) is 0 Å². The zero-order valence-corrected chi connectivity index (χ0v) is 28.4. The molecule has 0 aliphatic carbocycles. The van der Waals surface area contributed by atoms with Gasteiger partial charge in [-0.15, -0.1) is 0 Å². The van der Waals surface area contributed by atoms with Crippen molar-refractivity contribution in [2.75, 3.05) is 4.90 Å². The summed E-state index contributed by atoms with van der Waals surface area (Å²) in [6.45, 7) is 0. The first-order chi connectivity index (χ1) is 25.8. The second-order valence-electron chi connectivity index (χ2n) is 13.3. The highest BCUT2D eigenvalue weighted by atomic mass is 16.3. The van der Waals surface area contributed by atoms with Gasteiger partial charge in [0.05, 0.1) is 5.69 Å². The van der Waals surface area contributed by atoms with Gasteiger partial charge in [-0.05, 0) is 86.3 Å². The lowest BCUT2D eigenvalue weighted by molar-refractivity contribution is 0.670. The van der Waals surface area contributed by atoms with Crippen molar-refractivity contribution in [2.24, 2.45) is 0 Å². The summed E-state index contributed by atoms with van der Waals surface area (Å²) in [6.07, 6.45) is 0. The van der Waals surface area contributed by atoms with E-state index in [0.717, 1.165) is 55.7 Å². The van der Waals surface area contributed by atoms with Gasteiger partial charge in [0.2, 0.25) is 0 Å². The van der Waals surface area contributed by atoms with Crippen LogP contribution in [0.25, 0.3) is 76.9 Å². The molecule has 1 heterocycles. The summed E-state index contributed by atoms with van der Waals surface area (Å²) < 4.78 is 6.99. The fourth-order valence-corrected chi connectivity index (χ4v) is 7.72. The van der Waals surface area contributed by atoms with Crippen molar-refractivity contribution in [3.05, 3.63) is 200 Å². The summed E-state index contributed by atoms with van der Waals surface area (Å²) in [5.74, 6) is 0. The van der Waals surface area contributed by atoms with Crippen molar-refractivity contribution in [2.45, 2.75) is 0 Å². The average Bonchev–Trinajstić information content (AvgIpc) is 3.58. The van der Waals surface area contributed by atoms with E-state index in [4.69, 9.17) is 4.42 Å². The van der Waals surface area contributed by atoms with Gasteiger partial charge in [0.1, 0.15) is 11.2 Å². The summed E-state index contributed by atoms with van der Waals surface area (Å²) in [5.41, 5.74) is 11.9. The maximum absolute atomic E-state index is 6.99. The van der Waals surface area contributed by atoms with Crippen LogP contribution in [-0.4, -0.2) is 0 Å². The second kappa shape index (κ2) is 12.5. The van der Waals surface area contributed by atoms with Gasteiger partial charge < -0.3 is 9.32 Å². The lowest BCUT2D eigenvalue weighted by Gasteiger charge is -2.28. The van der Waals surface area contributed by atoms with E-state index in [0.29, 0.717) is 0 Å². The molecular weight excluding hydrogens is 631 g/mol. The minimum Gasteiger partial charge on any atom is -0.455 e. The molecule has 0 unspecified atom stereocenters. The first kappa shape index (κ1) is 30.0. The van der Waals surface area contributed by atoms with Gasteiger partial charge in [-0.3, -0.25) is 0 Å². The number of benzene rings is 9. The van der Waals surface area contributed by atoms with Gasteiger partial charge in [0.15, 0.2) is 0 Å². The number of furan rings is 1. The first-order valence-corrected chi connectivity index (χ1v) is 17.8. The highest BCUT2D eigenvalue weighted by Gasteiger charge is 2.21. The molecule has 0 N–H and O–H groups in total. The highest BCUT2D eigenvalue weighted by Crippen LogP contribution is 2.45. The van der Waals surface area contributed by atoms with E-state index >= 15 is 0 Å². The Kier molecular flexibility index (Phi) is 7.18. The minimum absolute atomic E-state index is 0.855. The lowest BCUT2D eigenvalue weighted by atomic mass is 9.94. The molecule has 9 aromatic carbocycles.